The van der Waals surface area contributed by atoms with Crippen LogP contribution in [0.4, 0.5) is 0 Å². The minimum Gasteiger partial charge on any atom is -0.369 e. The van der Waals surface area contributed by atoms with E-state index in [4.69, 9.17) is 4.74 Å². The van der Waals surface area contributed by atoms with E-state index in [0.717, 1.165) is 6.54 Å². The molecule has 2 unspecified atom stereocenters. The summed E-state index contributed by atoms with van der Waals surface area (Å²) in [7, 11) is 0. The molecule has 0 bridgehead atoms. The van der Waals surface area contributed by atoms with Crippen molar-refractivity contribution in [2.75, 3.05) is 6.54 Å². The Morgan fingerprint density at radius 1 is 1.00 bits per heavy atom. The fourth-order valence-corrected chi connectivity index (χ4v) is 3.47. The standard InChI is InChI=1S/C12H21NO/c1-2-6-11-10(5-1)13-9-12(14-11)7-3-4-8-12/h10-11,13H,1-9H2. The van der Waals surface area contributed by atoms with Crippen LogP contribution in [0.15, 0.2) is 0 Å². The zero-order valence-corrected chi connectivity index (χ0v) is 8.93. The SMILES string of the molecule is C1CCC2OC3(CCCC3)CNC2C1. The lowest BCUT2D eigenvalue weighted by molar-refractivity contribution is -0.141. The van der Waals surface area contributed by atoms with Gasteiger partial charge in [0.15, 0.2) is 0 Å². The minimum atomic E-state index is 0.249. The van der Waals surface area contributed by atoms with Crippen LogP contribution in [0.25, 0.3) is 0 Å². The van der Waals surface area contributed by atoms with Crippen molar-refractivity contribution in [3.8, 4) is 0 Å². The highest BCUT2D eigenvalue weighted by atomic mass is 16.5. The summed E-state index contributed by atoms with van der Waals surface area (Å²) >= 11 is 0. The van der Waals surface area contributed by atoms with Crippen molar-refractivity contribution in [2.45, 2.75) is 69.1 Å². The van der Waals surface area contributed by atoms with E-state index in [0.29, 0.717) is 12.1 Å². The molecule has 0 aromatic carbocycles. The monoisotopic (exact) mass is 195 g/mol. The van der Waals surface area contributed by atoms with Crippen LogP contribution in [0.2, 0.25) is 0 Å². The number of rotatable bonds is 0. The zero-order chi connectivity index (χ0) is 9.43. The Bertz CT molecular complexity index is 210. The van der Waals surface area contributed by atoms with Gasteiger partial charge in [-0.1, -0.05) is 25.7 Å². The highest BCUT2D eigenvalue weighted by Gasteiger charge is 2.43. The molecule has 2 nitrogen and oxygen atoms in total. The summed E-state index contributed by atoms with van der Waals surface area (Å²) in [5.74, 6) is 0. The average molecular weight is 195 g/mol. The van der Waals surface area contributed by atoms with Crippen LogP contribution in [0.5, 0.6) is 0 Å². The third-order valence-electron chi connectivity index (χ3n) is 4.31. The quantitative estimate of drug-likeness (QED) is 0.640. The molecule has 14 heavy (non-hydrogen) atoms. The molecule has 1 aliphatic heterocycles. The fourth-order valence-electron chi connectivity index (χ4n) is 3.47. The van der Waals surface area contributed by atoms with Gasteiger partial charge in [-0.3, -0.25) is 0 Å². The van der Waals surface area contributed by atoms with Gasteiger partial charge in [0.1, 0.15) is 0 Å². The minimum absolute atomic E-state index is 0.249. The summed E-state index contributed by atoms with van der Waals surface area (Å²) in [5, 5.41) is 3.73. The summed E-state index contributed by atoms with van der Waals surface area (Å²) in [5.41, 5.74) is 0.249. The van der Waals surface area contributed by atoms with Gasteiger partial charge in [-0.05, 0) is 25.7 Å². The van der Waals surface area contributed by atoms with Crippen LogP contribution in [0, 0.1) is 0 Å². The van der Waals surface area contributed by atoms with E-state index in [9.17, 15) is 0 Å². The summed E-state index contributed by atoms with van der Waals surface area (Å²) in [6.45, 7) is 1.12. The molecule has 2 heteroatoms. The van der Waals surface area contributed by atoms with E-state index >= 15 is 0 Å². The Kier molecular flexibility index (Phi) is 2.29. The molecule has 80 valence electrons. The van der Waals surface area contributed by atoms with Gasteiger partial charge < -0.3 is 10.1 Å². The van der Waals surface area contributed by atoms with Crippen molar-refractivity contribution in [1.82, 2.24) is 5.32 Å². The fraction of sp³-hybridized carbons (Fsp3) is 1.00. The molecule has 1 saturated heterocycles. The van der Waals surface area contributed by atoms with Crippen LogP contribution < -0.4 is 5.32 Å². The summed E-state index contributed by atoms with van der Waals surface area (Å²) in [4.78, 5) is 0. The molecule has 1 N–H and O–H groups in total. The van der Waals surface area contributed by atoms with Crippen molar-refractivity contribution >= 4 is 0 Å². The Balaban J connectivity index is 1.70. The first-order valence-electron chi connectivity index (χ1n) is 6.29. The van der Waals surface area contributed by atoms with Crippen molar-refractivity contribution in [2.24, 2.45) is 0 Å². The second-order valence-electron chi connectivity index (χ2n) is 5.32. The lowest BCUT2D eigenvalue weighted by Crippen LogP contribution is -2.58. The molecular formula is C12H21NO. The Morgan fingerprint density at radius 3 is 2.64 bits per heavy atom. The van der Waals surface area contributed by atoms with E-state index in [-0.39, 0.29) is 5.60 Å². The average Bonchev–Trinajstić information content (AvgIpc) is 2.66. The smallest absolute Gasteiger partial charge is 0.0810 e. The zero-order valence-electron chi connectivity index (χ0n) is 8.93. The number of ether oxygens (including phenoxy) is 1. The number of morpholine rings is 1. The summed E-state index contributed by atoms with van der Waals surface area (Å²) < 4.78 is 6.38. The lowest BCUT2D eigenvalue weighted by Gasteiger charge is -2.46. The van der Waals surface area contributed by atoms with E-state index < -0.39 is 0 Å². The normalized spacial score (nSPS) is 41.1. The molecule has 0 aromatic rings. The topological polar surface area (TPSA) is 21.3 Å². The van der Waals surface area contributed by atoms with E-state index in [2.05, 4.69) is 5.32 Å². The first kappa shape index (κ1) is 9.17. The second kappa shape index (κ2) is 3.49. The van der Waals surface area contributed by atoms with Crippen molar-refractivity contribution in [1.29, 1.82) is 0 Å². The third kappa shape index (κ3) is 1.49. The number of nitrogens with one attached hydrogen (secondary N) is 1. The van der Waals surface area contributed by atoms with E-state index in [1.165, 1.54) is 51.4 Å². The van der Waals surface area contributed by atoms with Crippen LogP contribution >= 0.6 is 0 Å². The predicted octanol–water partition coefficient (Wildman–Crippen LogP) is 2.23. The molecular weight excluding hydrogens is 174 g/mol. The molecule has 0 radical (unpaired) electrons. The number of fused-ring (bicyclic) bond motifs is 1. The lowest BCUT2D eigenvalue weighted by atomic mass is 9.88. The maximum Gasteiger partial charge on any atom is 0.0810 e. The van der Waals surface area contributed by atoms with Gasteiger partial charge in [-0.15, -0.1) is 0 Å². The Hall–Kier alpha value is -0.0800. The van der Waals surface area contributed by atoms with Gasteiger partial charge in [0.25, 0.3) is 0 Å². The van der Waals surface area contributed by atoms with Gasteiger partial charge in [0, 0.05) is 12.6 Å². The van der Waals surface area contributed by atoms with Crippen molar-refractivity contribution in [3.05, 3.63) is 0 Å². The van der Waals surface area contributed by atoms with Crippen LogP contribution in [-0.2, 0) is 4.74 Å². The molecule has 3 rings (SSSR count). The second-order valence-corrected chi connectivity index (χ2v) is 5.32. The number of hydrogen-bond acceptors (Lipinski definition) is 2. The largest absolute Gasteiger partial charge is 0.369 e. The maximum atomic E-state index is 6.38. The van der Waals surface area contributed by atoms with Crippen molar-refractivity contribution < 1.29 is 4.74 Å². The predicted molar refractivity (Wildman–Crippen MR) is 56.3 cm³/mol. The van der Waals surface area contributed by atoms with Crippen molar-refractivity contribution in [3.63, 3.8) is 0 Å². The van der Waals surface area contributed by atoms with Gasteiger partial charge in [0.05, 0.1) is 11.7 Å². The molecule has 1 spiro atoms. The van der Waals surface area contributed by atoms with E-state index in [1.807, 2.05) is 0 Å². The summed E-state index contributed by atoms with van der Waals surface area (Å²) in [6.07, 6.45) is 11.3. The molecule has 2 atom stereocenters. The van der Waals surface area contributed by atoms with Crippen LogP contribution in [0.3, 0.4) is 0 Å². The highest BCUT2D eigenvalue weighted by Crippen LogP contribution is 2.39. The Labute approximate surface area is 86.4 Å². The molecule has 3 aliphatic rings. The van der Waals surface area contributed by atoms with Crippen LogP contribution in [0.1, 0.15) is 51.4 Å². The number of hydrogen-bond donors (Lipinski definition) is 1. The molecule has 0 aromatic heterocycles. The molecule has 2 saturated carbocycles. The molecule has 2 aliphatic carbocycles. The molecule has 3 fully saturated rings. The van der Waals surface area contributed by atoms with Crippen LogP contribution in [-0.4, -0.2) is 24.3 Å². The van der Waals surface area contributed by atoms with Gasteiger partial charge in [-0.2, -0.15) is 0 Å². The highest BCUT2D eigenvalue weighted by molar-refractivity contribution is 4.97. The molecule has 0 amide bonds. The first-order valence-corrected chi connectivity index (χ1v) is 6.29. The van der Waals surface area contributed by atoms with Gasteiger partial charge in [-0.25, -0.2) is 0 Å². The summed E-state index contributed by atoms with van der Waals surface area (Å²) in [6, 6.07) is 0.676. The van der Waals surface area contributed by atoms with Gasteiger partial charge >= 0.3 is 0 Å². The van der Waals surface area contributed by atoms with E-state index in [1.54, 1.807) is 0 Å². The molecule has 1 heterocycles. The Morgan fingerprint density at radius 2 is 1.79 bits per heavy atom. The van der Waals surface area contributed by atoms with Gasteiger partial charge in [0.2, 0.25) is 0 Å². The third-order valence-corrected chi connectivity index (χ3v) is 4.31. The first-order chi connectivity index (χ1) is 6.88. The maximum absolute atomic E-state index is 6.38.